The second-order valence-corrected chi connectivity index (χ2v) is 1.99. The third-order valence-electron chi connectivity index (χ3n) is 1.39. The first-order valence-corrected chi connectivity index (χ1v) is 2.51. The van der Waals surface area contributed by atoms with Crippen molar-refractivity contribution in [2.24, 2.45) is 10.4 Å². The molecule has 0 saturated heterocycles. The van der Waals surface area contributed by atoms with Crippen molar-refractivity contribution >= 4 is 0 Å². The van der Waals surface area contributed by atoms with E-state index in [0.717, 1.165) is 0 Å². The van der Waals surface area contributed by atoms with Gasteiger partial charge in [0.2, 0.25) is 0 Å². The molecule has 0 spiro atoms. The summed E-state index contributed by atoms with van der Waals surface area (Å²) < 4.78 is 0. The molecule has 0 heterocycles. The molecule has 4 nitrogen and oxygen atoms in total. The molecule has 0 aromatic heterocycles. The quantitative estimate of drug-likeness (QED) is 0.504. The van der Waals surface area contributed by atoms with Crippen molar-refractivity contribution in [1.82, 2.24) is 0 Å². The van der Waals surface area contributed by atoms with E-state index in [1.165, 1.54) is 0 Å². The van der Waals surface area contributed by atoms with Crippen molar-refractivity contribution in [1.29, 1.82) is 0 Å². The molecule has 0 atom stereocenters. The maximum atomic E-state index is 9.65. The normalized spacial score (nSPS) is 35.5. The van der Waals surface area contributed by atoms with Crippen LogP contribution in [0.4, 0.5) is 0 Å². The number of nitrogens with zero attached hydrogens (tertiary/aromatic N) is 2. The number of nitroso groups, excluding NO2 is 2. The summed E-state index contributed by atoms with van der Waals surface area (Å²) in [4.78, 5) is 19.3. The summed E-state index contributed by atoms with van der Waals surface area (Å²) in [6.07, 6.45) is 1.13. The van der Waals surface area contributed by atoms with E-state index in [0.29, 0.717) is 12.8 Å². The van der Waals surface area contributed by atoms with Crippen molar-refractivity contribution in [2.45, 2.75) is 24.9 Å². The fourth-order valence-electron chi connectivity index (χ4n) is 0.731. The van der Waals surface area contributed by atoms with Crippen molar-refractivity contribution in [3.8, 4) is 0 Å². The lowest BCUT2D eigenvalue weighted by molar-refractivity contribution is 0.351. The summed E-state index contributed by atoms with van der Waals surface area (Å²) >= 11 is 0. The first-order valence-electron chi connectivity index (χ1n) is 2.51. The summed E-state index contributed by atoms with van der Waals surface area (Å²) in [5, 5.41) is 5.49. The van der Waals surface area contributed by atoms with Gasteiger partial charge in [-0.25, -0.2) is 0 Å². The molecule has 1 rings (SSSR count). The van der Waals surface area contributed by atoms with Crippen LogP contribution in [0, 0.1) is 9.81 Å². The Hall–Kier alpha value is -0.800. The second-order valence-electron chi connectivity index (χ2n) is 1.99. The summed E-state index contributed by atoms with van der Waals surface area (Å²) in [6, 6.07) is -0.254. The molecular formula is C4H6N2O2. The van der Waals surface area contributed by atoms with Crippen LogP contribution >= 0.6 is 0 Å². The van der Waals surface area contributed by atoms with Gasteiger partial charge in [-0.15, -0.1) is 0 Å². The lowest BCUT2D eigenvalue weighted by Gasteiger charge is -2.22. The molecule has 0 unspecified atom stereocenters. The molecule has 1 saturated carbocycles. The molecule has 0 amide bonds. The smallest absolute Gasteiger partial charge is 0.0963 e. The summed E-state index contributed by atoms with van der Waals surface area (Å²) in [7, 11) is 0. The van der Waals surface area contributed by atoms with E-state index in [4.69, 9.17) is 0 Å². The molecule has 0 aromatic rings. The van der Waals surface area contributed by atoms with Gasteiger partial charge in [0.15, 0.2) is 0 Å². The second kappa shape index (κ2) is 1.98. The zero-order valence-electron chi connectivity index (χ0n) is 4.28. The third-order valence-corrected chi connectivity index (χ3v) is 1.39. The van der Waals surface area contributed by atoms with Crippen LogP contribution in [0.2, 0.25) is 0 Å². The highest BCUT2D eigenvalue weighted by Gasteiger charge is 2.30. The number of rotatable bonds is 2. The van der Waals surface area contributed by atoms with Gasteiger partial charge in [-0.3, -0.25) is 0 Å². The highest BCUT2D eigenvalue weighted by molar-refractivity contribution is 4.89. The number of hydrogen-bond donors (Lipinski definition) is 0. The Labute approximate surface area is 46.2 Å². The molecule has 0 bridgehead atoms. The SMILES string of the molecule is O=NC1CC(N=O)C1. The highest BCUT2D eigenvalue weighted by Crippen LogP contribution is 2.25. The molecule has 1 fully saturated rings. The molecule has 1 aliphatic carbocycles. The van der Waals surface area contributed by atoms with Gasteiger partial charge in [-0.05, 0) is 12.8 Å². The highest BCUT2D eigenvalue weighted by atomic mass is 16.3. The van der Waals surface area contributed by atoms with Gasteiger partial charge >= 0.3 is 0 Å². The van der Waals surface area contributed by atoms with Crippen LogP contribution in [-0.4, -0.2) is 12.1 Å². The van der Waals surface area contributed by atoms with Crippen LogP contribution in [-0.2, 0) is 0 Å². The third kappa shape index (κ3) is 0.731. The Balaban J connectivity index is 2.20. The van der Waals surface area contributed by atoms with E-state index in [1.807, 2.05) is 0 Å². The molecule has 0 radical (unpaired) electrons. The monoisotopic (exact) mass is 114 g/mol. The molecule has 8 heavy (non-hydrogen) atoms. The van der Waals surface area contributed by atoms with E-state index in [9.17, 15) is 9.81 Å². The van der Waals surface area contributed by atoms with Gasteiger partial charge in [0.05, 0.1) is 12.1 Å². The van der Waals surface area contributed by atoms with Crippen molar-refractivity contribution in [3.05, 3.63) is 9.81 Å². The Morgan fingerprint density at radius 3 is 1.62 bits per heavy atom. The van der Waals surface area contributed by atoms with Crippen LogP contribution < -0.4 is 0 Å². The Morgan fingerprint density at radius 2 is 1.38 bits per heavy atom. The number of hydrogen-bond acceptors (Lipinski definition) is 4. The minimum atomic E-state index is -0.127. The topological polar surface area (TPSA) is 58.9 Å². The minimum absolute atomic E-state index is 0.127. The van der Waals surface area contributed by atoms with Gasteiger partial charge in [-0.2, -0.15) is 9.81 Å². The lowest BCUT2D eigenvalue weighted by Crippen LogP contribution is -2.29. The molecule has 4 heteroatoms. The average Bonchev–Trinajstić information content (AvgIpc) is 1.65. The van der Waals surface area contributed by atoms with E-state index in [2.05, 4.69) is 10.4 Å². The standard InChI is InChI=1S/C4H6N2O2/c7-5-3-1-4(2-3)6-8/h3-4H,1-2H2. The van der Waals surface area contributed by atoms with Gasteiger partial charge in [0.1, 0.15) is 0 Å². The van der Waals surface area contributed by atoms with Crippen LogP contribution in [0.1, 0.15) is 12.8 Å². The van der Waals surface area contributed by atoms with Crippen LogP contribution in [0.5, 0.6) is 0 Å². The molecule has 1 aliphatic rings. The van der Waals surface area contributed by atoms with Crippen LogP contribution in [0.25, 0.3) is 0 Å². The van der Waals surface area contributed by atoms with Gasteiger partial charge < -0.3 is 0 Å². The largest absolute Gasteiger partial charge is 0.151 e. The fraction of sp³-hybridized carbons (Fsp3) is 1.00. The van der Waals surface area contributed by atoms with Crippen LogP contribution in [0.15, 0.2) is 10.4 Å². The van der Waals surface area contributed by atoms with Crippen LogP contribution in [0.3, 0.4) is 0 Å². The zero-order valence-corrected chi connectivity index (χ0v) is 4.28. The lowest BCUT2D eigenvalue weighted by atomic mass is 9.88. The predicted octanol–water partition coefficient (Wildman–Crippen LogP) is 1.05. The molecule has 0 N–H and O–H groups in total. The summed E-state index contributed by atoms with van der Waals surface area (Å²) in [5.74, 6) is 0. The van der Waals surface area contributed by atoms with Crippen molar-refractivity contribution in [2.75, 3.05) is 0 Å². The average molecular weight is 114 g/mol. The van der Waals surface area contributed by atoms with Gasteiger partial charge in [0, 0.05) is 0 Å². The van der Waals surface area contributed by atoms with Crippen molar-refractivity contribution in [3.63, 3.8) is 0 Å². The summed E-state index contributed by atoms with van der Waals surface area (Å²) in [6.45, 7) is 0. The Kier molecular flexibility index (Phi) is 1.32. The zero-order chi connectivity index (χ0) is 5.98. The molecule has 0 aliphatic heterocycles. The van der Waals surface area contributed by atoms with E-state index >= 15 is 0 Å². The van der Waals surface area contributed by atoms with E-state index < -0.39 is 0 Å². The van der Waals surface area contributed by atoms with Gasteiger partial charge in [0.25, 0.3) is 0 Å². The first kappa shape index (κ1) is 5.34. The molecular weight excluding hydrogens is 108 g/mol. The maximum Gasteiger partial charge on any atom is 0.0963 e. The molecule has 0 aromatic carbocycles. The predicted molar refractivity (Wildman–Crippen MR) is 28.4 cm³/mol. The Bertz CT molecular complexity index is 96.6. The van der Waals surface area contributed by atoms with Gasteiger partial charge in [-0.1, -0.05) is 10.4 Å². The summed E-state index contributed by atoms with van der Waals surface area (Å²) in [5.41, 5.74) is 0. The fourth-order valence-corrected chi connectivity index (χ4v) is 0.731. The molecule has 44 valence electrons. The van der Waals surface area contributed by atoms with Crippen molar-refractivity contribution < 1.29 is 0 Å². The first-order chi connectivity index (χ1) is 3.86. The minimum Gasteiger partial charge on any atom is -0.151 e. The van der Waals surface area contributed by atoms with E-state index in [1.54, 1.807) is 0 Å². The Morgan fingerprint density at radius 1 is 1.00 bits per heavy atom. The van der Waals surface area contributed by atoms with E-state index in [-0.39, 0.29) is 12.1 Å². The maximum absolute atomic E-state index is 9.65.